The molecule has 0 aliphatic carbocycles. The van der Waals surface area contributed by atoms with E-state index in [-0.39, 0.29) is 0 Å². The van der Waals surface area contributed by atoms with E-state index in [0.717, 1.165) is 23.5 Å². The van der Waals surface area contributed by atoms with Crippen molar-refractivity contribution in [1.82, 2.24) is 9.88 Å². The maximum atomic E-state index is 6.36. The second-order valence-corrected chi connectivity index (χ2v) is 6.50. The summed E-state index contributed by atoms with van der Waals surface area (Å²) >= 11 is 6.36. The number of nitrogens with zero attached hydrogens (tertiary/aromatic N) is 2. The molecule has 3 rings (SSSR count). The average molecular weight is 303 g/mol. The third-order valence-corrected chi connectivity index (χ3v) is 4.88. The summed E-state index contributed by atoms with van der Waals surface area (Å²) < 4.78 is 0. The fraction of sp³-hybridized carbons (Fsp3) is 0.500. The Morgan fingerprint density at radius 2 is 2.00 bits per heavy atom. The van der Waals surface area contributed by atoms with E-state index in [1.807, 2.05) is 12.1 Å². The van der Waals surface area contributed by atoms with Crippen LogP contribution in [0.25, 0.3) is 10.9 Å². The van der Waals surface area contributed by atoms with E-state index in [0.29, 0.717) is 5.15 Å². The highest BCUT2D eigenvalue weighted by molar-refractivity contribution is 6.30. The Hall–Kier alpha value is -1.12. The predicted octanol–water partition coefficient (Wildman–Crippen LogP) is 4.90. The number of aromatic nitrogens is 1. The van der Waals surface area contributed by atoms with E-state index in [2.05, 4.69) is 35.0 Å². The average Bonchev–Trinajstić information content (AvgIpc) is 2.50. The smallest absolute Gasteiger partial charge is 0.134 e. The van der Waals surface area contributed by atoms with Gasteiger partial charge in [0.1, 0.15) is 5.15 Å². The summed E-state index contributed by atoms with van der Waals surface area (Å²) in [6, 6.07) is 10.4. The van der Waals surface area contributed by atoms with Gasteiger partial charge in [-0.15, -0.1) is 0 Å². The molecule has 0 bridgehead atoms. The van der Waals surface area contributed by atoms with Gasteiger partial charge in [0.05, 0.1) is 5.52 Å². The first kappa shape index (κ1) is 14.8. The summed E-state index contributed by atoms with van der Waals surface area (Å²) in [4.78, 5) is 7.04. The Bertz CT molecular complexity index is 603. The monoisotopic (exact) mass is 302 g/mol. The van der Waals surface area contributed by atoms with Crippen LogP contribution in [-0.2, 0) is 6.54 Å². The molecular formula is C18H23ClN2. The number of piperidine rings is 1. The lowest BCUT2D eigenvalue weighted by Gasteiger charge is -2.32. The molecule has 0 N–H and O–H groups in total. The zero-order valence-corrected chi connectivity index (χ0v) is 13.4. The molecule has 1 aliphatic rings. The van der Waals surface area contributed by atoms with Crippen molar-refractivity contribution in [2.24, 2.45) is 5.92 Å². The van der Waals surface area contributed by atoms with Gasteiger partial charge in [-0.3, -0.25) is 4.90 Å². The van der Waals surface area contributed by atoms with Gasteiger partial charge in [0.25, 0.3) is 0 Å². The van der Waals surface area contributed by atoms with E-state index < -0.39 is 0 Å². The second-order valence-electron chi connectivity index (χ2n) is 6.14. The van der Waals surface area contributed by atoms with Crippen molar-refractivity contribution in [2.75, 3.05) is 13.1 Å². The molecule has 1 aromatic heterocycles. The van der Waals surface area contributed by atoms with Crippen molar-refractivity contribution in [1.29, 1.82) is 0 Å². The Balaban J connectivity index is 1.69. The van der Waals surface area contributed by atoms with Gasteiger partial charge in [-0.2, -0.15) is 0 Å². The molecular weight excluding hydrogens is 280 g/mol. The zero-order chi connectivity index (χ0) is 14.7. The predicted molar refractivity (Wildman–Crippen MR) is 89.7 cm³/mol. The van der Waals surface area contributed by atoms with Crippen molar-refractivity contribution < 1.29 is 0 Å². The number of halogens is 1. The quantitative estimate of drug-likeness (QED) is 0.747. The van der Waals surface area contributed by atoms with Crippen molar-refractivity contribution in [3.8, 4) is 0 Å². The molecule has 0 radical (unpaired) electrons. The molecule has 2 heterocycles. The van der Waals surface area contributed by atoms with Gasteiger partial charge in [0.2, 0.25) is 0 Å². The molecule has 21 heavy (non-hydrogen) atoms. The van der Waals surface area contributed by atoms with Crippen LogP contribution in [0.4, 0.5) is 0 Å². The van der Waals surface area contributed by atoms with E-state index in [4.69, 9.17) is 11.6 Å². The molecule has 112 valence electrons. The lowest BCUT2D eigenvalue weighted by atomic mass is 9.92. The topological polar surface area (TPSA) is 16.1 Å². The van der Waals surface area contributed by atoms with Crippen LogP contribution in [0.2, 0.25) is 5.15 Å². The molecule has 0 spiro atoms. The summed E-state index contributed by atoms with van der Waals surface area (Å²) in [7, 11) is 0. The number of pyridine rings is 1. The molecule has 0 saturated carbocycles. The maximum Gasteiger partial charge on any atom is 0.134 e. The molecule has 0 amide bonds. The first-order chi connectivity index (χ1) is 10.3. The third kappa shape index (κ3) is 3.56. The van der Waals surface area contributed by atoms with Crippen molar-refractivity contribution in [3.63, 3.8) is 0 Å². The summed E-state index contributed by atoms with van der Waals surface area (Å²) in [6.45, 7) is 5.59. The SMILES string of the molecule is CCCC1CCN(Cc2cc3ccccc3nc2Cl)CC1. The van der Waals surface area contributed by atoms with Gasteiger partial charge in [-0.05, 0) is 44.0 Å². The van der Waals surface area contributed by atoms with Gasteiger partial charge in [0, 0.05) is 17.5 Å². The number of likely N-dealkylation sites (tertiary alicyclic amines) is 1. The number of para-hydroxylation sites is 1. The van der Waals surface area contributed by atoms with Crippen LogP contribution in [0.5, 0.6) is 0 Å². The summed E-state index contributed by atoms with van der Waals surface area (Å²) in [6.07, 6.45) is 5.34. The van der Waals surface area contributed by atoms with Gasteiger partial charge in [-0.1, -0.05) is 49.6 Å². The highest BCUT2D eigenvalue weighted by atomic mass is 35.5. The van der Waals surface area contributed by atoms with Crippen LogP contribution >= 0.6 is 11.6 Å². The maximum absolute atomic E-state index is 6.36. The van der Waals surface area contributed by atoms with E-state index >= 15 is 0 Å². The first-order valence-electron chi connectivity index (χ1n) is 8.02. The minimum absolute atomic E-state index is 0.657. The number of rotatable bonds is 4. The minimum atomic E-state index is 0.657. The van der Waals surface area contributed by atoms with Crippen molar-refractivity contribution in [2.45, 2.75) is 39.2 Å². The van der Waals surface area contributed by atoms with Crippen molar-refractivity contribution >= 4 is 22.5 Å². The standard InChI is InChI=1S/C18H23ClN2/c1-2-5-14-8-10-21(11-9-14)13-16-12-15-6-3-4-7-17(15)20-18(16)19/h3-4,6-7,12,14H,2,5,8-11,13H2,1H3. The third-order valence-electron chi connectivity index (χ3n) is 4.55. The molecule has 2 nitrogen and oxygen atoms in total. The van der Waals surface area contributed by atoms with Crippen LogP contribution in [0, 0.1) is 5.92 Å². The van der Waals surface area contributed by atoms with Gasteiger partial charge >= 0.3 is 0 Å². The van der Waals surface area contributed by atoms with E-state index in [1.54, 1.807) is 0 Å². The summed E-state index contributed by atoms with van der Waals surface area (Å²) in [5, 5.41) is 1.84. The fourth-order valence-electron chi connectivity index (χ4n) is 3.33. The van der Waals surface area contributed by atoms with Crippen LogP contribution < -0.4 is 0 Å². The van der Waals surface area contributed by atoms with Crippen LogP contribution in [0.15, 0.2) is 30.3 Å². The highest BCUT2D eigenvalue weighted by Gasteiger charge is 2.19. The molecule has 1 aliphatic heterocycles. The molecule has 2 aromatic rings. The highest BCUT2D eigenvalue weighted by Crippen LogP contribution is 2.26. The van der Waals surface area contributed by atoms with E-state index in [1.165, 1.54) is 44.2 Å². The Morgan fingerprint density at radius 1 is 1.24 bits per heavy atom. The lowest BCUT2D eigenvalue weighted by molar-refractivity contribution is 0.172. The molecule has 1 saturated heterocycles. The van der Waals surface area contributed by atoms with Crippen LogP contribution in [0.3, 0.4) is 0 Å². The first-order valence-corrected chi connectivity index (χ1v) is 8.40. The molecule has 1 aromatic carbocycles. The Kier molecular flexibility index (Phi) is 4.77. The van der Waals surface area contributed by atoms with Crippen LogP contribution in [0.1, 0.15) is 38.2 Å². The van der Waals surface area contributed by atoms with Gasteiger partial charge < -0.3 is 0 Å². The fourth-order valence-corrected chi connectivity index (χ4v) is 3.53. The van der Waals surface area contributed by atoms with Gasteiger partial charge in [-0.25, -0.2) is 4.98 Å². The largest absolute Gasteiger partial charge is 0.299 e. The molecule has 0 unspecified atom stereocenters. The molecule has 0 atom stereocenters. The molecule has 3 heteroatoms. The zero-order valence-electron chi connectivity index (χ0n) is 12.7. The number of hydrogen-bond acceptors (Lipinski definition) is 2. The second kappa shape index (κ2) is 6.76. The minimum Gasteiger partial charge on any atom is -0.299 e. The van der Waals surface area contributed by atoms with Crippen LogP contribution in [-0.4, -0.2) is 23.0 Å². The summed E-state index contributed by atoms with van der Waals surface area (Å²) in [5.41, 5.74) is 2.14. The lowest BCUT2D eigenvalue weighted by Crippen LogP contribution is -2.33. The normalized spacial score (nSPS) is 17.4. The van der Waals surface area contributed by atoms with Crippen molar-refractivity contribution in [3.05, 3.63) is 41.0 Å². The van der Waals surface area contributed by atoms with E-state index in [9.17, 15) is 0 Å². The van der Waals surface area contributed by atoms with Gasteiger partial charge in [0.15, 0.2) is 0 Å². The number of benzene rings is 1. The number of hydrogen-bond donors (Lipinski definition) is 0. The Morgan fingerprint density at radius 3 is 2.76 bits per heavy atom. The molecule has 1 fully saturated rings. The summed E-state index contributed by atoms with van der Waals surface area (Å²) in [5.74, 6) is 0.927. The Labute approximate surface area is 132 Å². The number of fused-ring (bicyclic) bond motifs is 1.